The number of nitrogens with one attached hydrogen (secondary N) is 1. The van der Waals surface area contributed by atoms with Crippen molar-refractivity contribution < 1.29 is 9.53 Å². The second kappa shape index (κ2) is 5.42. The van der Waals surface area contributed by atoms with Gasteiger partial charge < -0.3 is 9.53 Å². The molecule has 0 fully saturated rings. The number of aromatic nitrogens is 2. The number of nitrogens with zero attached hydrogens (tertiary/aromatic N) is 1. The summed E-state index contributed by atoms with van der Waals surface area (Å²) in [5.41, 5.74) is 0.408. The SMILES string of the molecule is CC(C)(C)[Si](C)(C)OCCn1[nH]c(=O)cc1CO. The van der Waals surface area contributed by atoms with Crippen LogP contribution in [0.25, 0.3) is 0 Å². The van der Waals surface area contributed by atoms with Gasteiger partial charge in [-0.1, -0.05) is 20.8 Å². The Labute approximate surface area is 109 Å². The van der Waals surface area contributed by atoms with Crippen molar-refractivity contribution in [3.63, 3.8) is 0 Å². The van der Waals surface area contributed by atoms with E-state index in [1.807, 2.05) is 0 Å². The van der Waals surface area contributed by atoms with Crippen LogP contribution in [0.4, 0.5) is 0 Å². The molecule has 0 aliphatic rings. The summed E-state index contributed by atoms with van der Waals surface area (Å²) in [7, 11) is -1.75. The Morgan fingerprint density at radius 3 is 2.56 bits per heavy atom. The normalized spacial score (nSPS) is 13.0. The maximum Gasteiger partial charge on any atom is 0.264 e. The third-order valence-corrected chi connectivity index (χ3v) is 8.17. The average molecular weight is 272 g/mol. The standard InChI is InChI=1S/C12H24N2O3Si/c1-12(2,3)18(4,5)17-7-6-14-10(9-15)8-11(16)13-14/h8,15H,6-7,9H2,1-5H3,(H,13,16). The number of hydrogen-bond donors (Lipinski definition) is 2. The lowest BCUT2D eigenvalue weighted by Gasteiger charge is -2.36. The van der Waals surface area contributed by atoms with Crippen LogP contribution in [0.5, 0.6) is 0 Å². The van der Waals surface area contributed by atoms with Gasteiger partial charge in [-0.2, -0.15) is 0 Å². The summed E-state index contributed by atoms with van der Waals surface area (Å²) in [5, 5.41) is 11.9. The van der Waals surface area contributed by atoms with E-state index in [1.54, 1.807) is 4.68 Å². The van der Waals surface area contributed by atoms with E-state index < -0.39 is 8.32 Å². The largest absolute Gasteiger partial charge is 0.415 e. The lowest BCUT2D eigenvalue weighted by atomic mass is 10.2. The molecule has 0 saturated heterocycles. The first-order valence-electron chi connectivity index (χ1n) is 6.21. The number of aliphatic hydroxyl groups is 1. The molecule has 0 aromatic carbocycles. The van der Waals surface area contributed by atoms with Crippen molar-refractivity contribution in [2.45, 2.75) is 52.1 Å². The van der Waals surface area contributed by atoms with E-state index in [1.165, 1.54) is 6.07 Å². The maximum absolute atomic E-state index is 11.2. The predicted molar refractivity (Wildman–Crippen MR) is 74.1 cm³/mol. The van der Waals surface area contributed by atoms with Crippen LogP contribution in [0, 0.1) is 0 Å². The summed E-state index contributed by atoms with van der Waals surface area (Å²) < 4.78 is 7.67. The minimum absolute atomic E-state index is 0.140. The highest BCUT2D eigenvalue weighted by Gasteiger charge is 2.36. The molecule has 1 heterocycles. The van der Waals surface area contributed by atoms with Gasteiger partial charge in [-0.3, -0.25) is 14.6 Å². The van der Waals surface area contributed by atoms with Crippen molar-refractivity contribution in [2.75, 3.05) is 6.61 Å². The van der Waals surface area contributed by atoms with Crippen molar-refractivity contribution >= 4 is 8.32 Å². The van der Waals surface area contributed by atoms with Crippen LogP contribution in [0.2, 0.25) is 18.1 Å². The van der Waals surface area contributed by atoms with Gasteiger partial charge in [0.1, 0.15) is 0 Å². The molecule has 0 spiro atoms. The van der Waals surface area contributed by atoms with Gasteiger partial charge >= 0.3 is 0 Å². The topological polar surface area (TPSA) is 67.2 Å². The van der Waals surface area contributed by atoms with E-state index in [4.69, 9.17) is 9.53 Å². The Morgan fingerprint density at radius 2 is 2.06 bits per heavy atom. The van der Waals surface area contributed by atoms with E-state index in [0.29, 0.717) is 18.8 Å². The second-order valence-electron chi connectivity index (χ2n) is 6.03. The van der Waals surface area contributed by atoms with E-state index in [2.05, 4.69) is 39.0 Å². The average Bonchev–Trinajstić information content (AvgIpc) is 2.57. The second-order valence-corrected chi connectivity index (χ2v) is 10.8. The first-order valence-corrected chi connectivity index (χ1v) is 9.12. The van der Waals surface area contributed by atoms with Gasteiger partial charge in [-0.15, -0.1) is 0 Å². The summed E-state index contributed by atoms with van der Waals surface area (Å²) in [6, 6.07) is 1.41. The molecule has 0 saturated carbocycles. The first-order chi connectivity index (χ1) is 8.17. The van der Waals surface area contributed by atoms with Crippen LogP contribution < -0.4 is 5.56 Å². The zero-order chi connectivity index (χ0) is 14.0. The summed E-state index contributed by atoms with van der Waals surface area (Å²) >= 11 is 0. The fourth-order valence-electron chi connectivity index (χ4n) is 1.41. The third-order valence-electron chi connectivity index (χ3n) is 3.64. The van der Waals surface area contributed by atoms with Gasteiger partial charge in [0.25, 0.3) is 5.56 Å². The minimum atomic E-state index is -1.75. The molecule has 0 unspecified atom stereocenters. The van der Waals surface area contributed by atoms with Gasteiger partial charge in [0.05, 0.1) is 25.5 Å². The van der Waals surface area contributed by atoms with Crippen molar-refractivity contribution in [3.05, 3.63) is 22.1 Å². The van der Waals surface area contributed by atoms with Crippen LogP contribution in [0.15, 0.2) is 10.9 Å². The number of aromatic amines is 1. The van der Waals surface area contributed by atoms with Crippen LogP contribution in [-0.4, -0.2) is 29.8 Å². The highest BCUT2D eigenvalue weighted by atomic mass is 28.4. The summed E-state index contributed by atoms with van der Waals surface area (Å²) in [5.74, 6) is 0. The molecule has 0 aliphatic carbocycles. The van der Waals surface area contributed by atoms with Crippen LogP contribution in [0.3, 0.4) is 0 Å². The molecule has 1 rings (SSSR count). The molecule has 1 aromatic heterocycles. The Morgan fingerprint density at radius 1 is 1.44 bits per heavy atom. The molecule has 0 bridgehead atoms. The smallest absolute Gasteiger partial charge is 0.264 e. The minimum Gasteiger partial charge on any atom is -0.415 e. The molecule has 0 amide bonds. The predicted octanol–water partition coefficient (Wildman–Crippen LogP) is 1.69. The van der Waals surface area contributed by atoms with Crippen LogP contribution in [-0.2, 0) is 17.6 Å². The maximum atomic E-state index is 11.2. The zero-order valence-electron chi connectivity index (χ0n) is 11.9. The summed E-state index contributed by atoms with van der Waals surface area (Å²) in [6.07, 6.45) is 0. The Balaban J connectivity index is 2.59. The van der Waals surface area contributed by atoms with Gasteiger partial charge in [-0.05, 0) is 18.1 Å². The van der Waals surface area contributed by atoms with Crippen molar-refractivity contribution in [1.82, 2.24) is 9.78 Å². The molecular weight excluding hydrogens is 248 g/mol. The van der Waals surface area contributed by atoms with Crippen molar-refractivity contribution in [2.24, 2.45) is 0 Å². The molecule has 18 heavy (non-hydrogen) atoms. The number of rotatable bonds is 5. The van der Waals surface area contributed by atoms with E-state index in [9.17, 15) is 4.79 Å². The van der Waals surface area contributed by atoms with Gasteiger partial charge in [-0.25, -0.2) is 0 Å². The fourth-order valence-corrected chi connectivity index (χ4v) is 2.44. The molecule has 6 heteroatoms. The number of aliphatic hydroxyl groups excluding tert-OH is 1. The molecular formula is C12H24N2O3Si. The quantitative estimate of drug-likeness (QED) is 0.802. The van der Waals surface area contributed by atoms with Crippen LogP contribution in [0.1, 0.15) is 26.5 Å². The lowest BCUT2D eigenvalue weighted by Crippen LogP contribution is -2.41. The van der Waals surface area contributed by atoms with E-state index in [-0.39, 0.29) is 17.2 Å². The number of H-pyrrole nitrogens is 1. The Kier molecular flexibility index (Phi) is 4.58. The highest BCUT2D eigenvalue weighted by molar-refractivity contribution is 6.74. The van der Waals surface area contributed by atoms with Gasteiger partial charge in [0, 0.05) is 6.07 Å². The Hall–Kier alpha value is -0.853. The van der Waals surface area contributed by atoms with Gasteiger partial charge in [0.15, 0.2) is 8.32 Å². The molecule has 0 radical (unpaired) electrons. The van der Waals surface area contributed by atoms with E-state index in [0.717, 1.165) is 0 Å². The van der Waals surface area contributed by atoms with Crippen molar-refractivity contribution in [3.8, 4) is 0 Å². The van der Waals surface area contributed by atoms with E-state index >= 15 is 0 Å². The molecule has 5 nitrogen and oxygen atoms in total. The monoisotopic (exact) mass is 272 g/mol. The Bertz CT molecular complexity index is 443. The number of hydrogen-bond acceptors (Lipinski definition) is 3. The lowest BCUT2D eigenvalue weighted by molar-refractivity contribution is 0.243. The fraction of sp³-hybridized carbons (Fsp3) is 0.750. The zero-order valence-corrected chi connectivity index (χ0v) is 12.9. The third kappa shape index (κ3) is 3.57. The first kappa shape index (κ1) is 15.2. The molecule has 1 aromatic rings. The summed E-state index contributed by atoms with van der Waals surface area (Å²) in [6.45, 7) is 11.9. The molecule has 2 N–H and O–H groups in total. The molecule has 0 atom stereocenters. The molecule has 0 aliphatic heterocycles. The van der Waals surface area contributed by atoms with Crippen LogP contribution >= 0.6 is 0 Å². The molecule has 104 valence electrons. The van der Waals surface area contributed by atoms with Gasteiger partial charge in [0.2, 0.25) is 0 Å². The summed E-state index contributed by atoms with van der Waals surface area (Å²) in [4.78, 5) is 11.2. The van der Waals surface area contributed by atoms with Crippen molar-refractivity contribution in [1.29, 1.82) is 0 Å². The highest BCUT2D eigenvalue weighted by Crippen LogP contribution is 2.36.